The molecule has 0 saturated carbocycles. The zero-order chi connectivity index (χ0) is 19.4. The van der Waals surface area contributed by atoms with E-state index in [0.29, 0.717) is 16.9 Å². The van der Waals surface area contributed by atoms with Crippen molar-refractivity contribution >= 4 is 16.7 Å². The van der Waals surface area contributed by atoms with Crippen LogP contribution in [0.25, 0.3) is 21.3 Å². The number of aromatic nitrogens is 1. The van der Waals surface area contributed by atoms with E-state index in [1.165, 1.54) is 0 Å². The third kappa shape index (κ3) is 3.65. The van der Waals surface area contributed by atoms with Crippen molar-refractivity contribution in [2.45, 2.75) is 19.6 Å². The van der Waals surface area contributed by atoms with E-state index in [9.17, 15) is 9.90 Å². The van der Waals surface area contributed by atoms with Gasteiger partial charge >= 0.3 is 0 Å². The van der Waals surface area contributed by atoms with Gasteiger partial charge in [0, 0.05) is 33.6 Å². The third-order valence-corrected chi connectivity index (χ3v) is 4.56. The summed E-state index contributed by atoms with van der Waals surface area (Å²) in [5.74, 6) is 0.599. The Balaban J connectivity index is 2.06. The van der Waals surface area contributed by atoms with Gasteiger partial charge in [0.25, 0.3) is 0 Å². The molecule has 0 aliphatic rings. The maximum Gasteiger partial charge on any atom is 0.195 e. The number of carbonyl (C=O) groups excluding carboxylic acids is 1. The van der Waals surface area contributed by atoms with Gasteiger partial charge in [0.2, 0.25) is 0 Å². The summed E-state index contributed by atoms with van der Waals surface area (Å²) >= 11 is 0. The van der Waals surface area contributed by atoms with E-state index in [2.05, 4.69) is 10.0 Å². The van der Waals surface area contributed by atoms with Gasteiger partial charge in [-0.05, 0) is 42.8 Å². The van der Waals surface area contributed by atoms with Crippen LogP contribution < -0.4 is 4.74 Å². The van der Waals surface area contributed by atoms with Crippen LogP contribution >= 0.6 is 0 Å². The molecule has 1 atom stereocenters. The lowest BCUT2D eigenvalue weighted by atomic mass is 10.0. The molecule has 2 aromatic carbocycles. The van der Waals surface area contributed by atoms with Crippen molar-refractivity contribution in [1.29, 1.82) is 0 Å². The van der Waals surface area contributed by atoms with Crippen molar-refractivity contribution in [2.24, 2.45) is 5.11 Å². The number of ether oxygens (including phenoxy) is 1. The molecule has 0 aliphatic heterocycles. The van der Waals surface area contributed by atoms with E-state index in [0.717, 1.165) is 16.6 Å². The van der Waals surface area contributed by atoms with Crippen LogP contribution in [0.3, 0.4) is 0 Å². The smallest absolute Gasteiger partial charge is 0.195 e. The van der Waals surface area contributed by atoms with Crippen LogP contribution in [-0.4, -0.2) is 35.2 Å². The highest BCUT2D eigenvalue weighted by molar-refractivity contribution is 6.17. The number of hydrogen-bond acceptors (Lipinski definition) is 4. The van der Waals surface area contributed by atoms with E-state index in [4.69, 9.17) is 10.3 Å². The highest BCUT2D eigenvalue weighted by Gasteiger charge is 2.22. The first-order chi connectivity index (χ1) is 13.1. The highest BCUT2D eigenvalue weighted by atomic mass is 16.5. The molecule has 0 radical (unpaired) electrons. The van der Waals surface area contributed by atoms with E-state index in [1.54, 1.807) is 31.4 Å². The number of fused-ring (bicyclic) bond motifs is 1. The Kier molecular flexibility index (Phi) is 5.45. The van der Waals surface area contributed by atoms with Gasteiger partial charge in [0.15, 0.2) is 5.78 Å². The van der Waals surface area contributed by atoms with Gasteiger partial charge in [-0.3, -0.25) is 4.79 Å². The topological polar surface area (TPSA) is 100 Å². The Hall–Kier alpha value is -3.28. The van der Waals surface area contributed by atoms with Crippen molar-refractivity contribution in [3.05, 3.63) is 75.8 Å². The van der Waals surface area contributed by atoms with Crippen LogP contribution in [-0.2, 0) is 6.54 Å². The first kappa shape index (κ1) is 18.5. The van der Waals surface area contributed by atoms with Crippen LogP contribution in [0.4, 0.5) is 0 Å². The van der Waals surface area contributed by atoms with Crippen molar-refractivity contribution in [2.75, 3.05) is 13.7 Å². The predicted octanol–water partition coefficient (Wildman–Crippen LogP) is 3.86. The van der Waals surface area contributed by atoms with E-state index < -0.39 is 6.10 Å². The summed E-state index contributed by atoms with van der Waals surface area (Å²) in [7, 11) is 1.58. The molecular formula is C20H20N4O3. The standard InChI is InChI=1S/C20H20N4O3/c1-13-19(20(26)14-7-9-16(27-2)10-8-14)17-5-3-4-6-18(17)24(13)12-15(25)11-22-23-21/h3-10,15,25H,11-12H2,1-2H3. The van der Waals surface area contributed by atoms with E-state index in [-0.39, 0.29) is 18.9 Å². The van der Waals surface area contributed by atoms with Crippen molar-refractivity contribution in [3.8, 4) is 5.75 Å². The number of hydrogen-bond donors (Lipinski definition) is 1. The van der Waals surface area contributed by atoms with Crippen LogP contribution in [0, 0.1) is 6.92 Å². The summed E-state index contributed by atoms with van der Waals surface area (Å²) in [6.07, 6.45) is -0.834. The molecule has 1 unspecified atom stereocenters. The second kappa shape index (κ2) is 7.95. The molecule has 0 amide bonds. The first-order valence-corrected chi connectivity index (χ1v) is 8.52. The Morgan fingerprint density at radius 2 is 1.96 bits per heavy atom. The van der Waals surface area contributed by atoms with Crippen molar-refractivity contribution < 1.29 is 14.6 Å². The van der Waals surface area contributed by atoms with Crippen LogP contribution in [0.5, 0.6) is 5.75 Å². The number of rotatable bonds is 7. The number of aliphatic hydroxyl groups excluding tert-OH is 1. The minimum absolute atomic E-state index is 0.0236. The fourth-order valence-corrected chi connectivity index (χ4v) is 3.24. The quantitative estimate of drug-likeness (QED) is 0.298. The Morgan fingerprint density at radius 3 is 2.63 bits per heavy atom. The summed E-state index contributed by atoms with van der Waals surface area (Å²) in [4.78, 5) is 15.8. The van der Waals surface area contributed by atoms with Gasteiger partial charge in [0.05, 0.1) is 25.3 Å². The molecular weight excluding hydrogens is 344 g/mol. The molecule has 0 spiro atoms. The molecule has 7 heteroatoms. The molecule has 1 N–H and O–H groups in total. The number of aliphatic hydroxyl groups is 1. The average molecular weight is 364 g/mol. The summed E-state index contributed by atoms with van der Waals surface area (Å²) in [5, 5.41) is 14.4. The maximum absolute atomic E-state index is 13.2. The molecule has 0 aliphatic carbocycles. The summed E-state index contributed by atoms with van der Waals surface area (Å²) in [5.41, 5.74) is 11.2. The highest BCUT2D eigenvalue weighted by Crippen LogP contribution is 2.29. The second-order valence-corrected chi connectivity index (χ2v) is 6.21. The summed E-state index contributed by atoms with van der Waals surface area (Å²) in [6.45, 7) is 2.07. The monoisotopic (exact) mass is 364 g/mol. The Bertz CT molecular complexity index is 1020. The lowest BCUT2D eigenvalue weighted by Crippen LogP contribution is -2.19. The molecule has 0 saturated heterocycles. The molecule has 1 heterocycles. The zero-order valence-electron chi connectivity index (χ0n) is 15.2. The lowest BCUT2D eigenvalue weighted by Gasteiger charge is -2.12. The van der Waals surface area contributed by atoms with E-state index >= 15 is 0 Å². The van der Waals surface area contributed by atoms with Crippen LogP contribution in [0.2, 0.25) is 0 Å². The predicted molar refractivity (Wildman–Crippen MR) is 103 cm³/mol. The lowest BCUT2D eigenvalue weighted by molar-refractivity contribution is 0.103. The van der Waals surface area contributed by atoms with E-state index in [1.807, 2.05) is 35.8 Å². The molecule has 0 bridgehead atoms. The number of ketones is 1. The fourth-order valence-electron chi connectivity index (χ4n) is 3.24. The fraction of sp³-hybridized carbons (Fsp3) is 0.250. The van der Waals surface area contributed by atoms with Crippen molar-refractivity contribution in [3.63, 3.8) is 0 Å². The van der Waals surface area contributed by atoms with Crippen molar-refractivity contribution in [1.82, 2.24) is 4.57 Å². The zero-order valence-corrected chi connectivity index (χ0v) is 15.2. The second-order valence-electron chi connectivity index (χ2n) is 6.21. The number of carbonyl (C=O) groups is 1. The minimum Gasteiger partial charge on any atom is -0.497 e. The molecule has 138 valence electrons. The third-order valence-electron chi connectivity index (χ3n) is 4.56. The molecule has 3 aromatic rings. The number of azide groups is 1. The number of nitrogens with zero attached hydrogens (tertiary/aromatic N) is 4. The molecule has 3 rings (SSSR count). The van der Waals surface area contributed by atoms with Crippen LogP contribution in [0.15, 0.2) is 53.6 Å². The molecule has 7 nitrogen and oxygen atoms in total. The summed E-state index contributed by atoms with van der Waals surface area (Å²) < 4.78 is 7.04. The normalized spacial score (nSPS) is 11.8. The number of methoxy groups -OCH3 is 1. The molecule has 0 fully saturated rings. The largest absolute Gasteiger partial charge is 0.497 e. The van der Waals surface area contributed by atoms with Gasteiger partial charge < -0.3 is 14.4 Å². The Labute approximate surface area is 156 Å². The SMILES string of the molecule is COc1ccc(C(=O)c2c(C)n(CC(O)CN=[N+]=[N-])c3ccccc23)cc1. The Morgan fingerprint density at radius 1 is 1.26 bits per heavy atom. The number of para-hydroxylation sites is 1. The maximum atomic E-state index is 13.2. The minimum atomic E-state index is -0.834. The van der Waals surface area contributed by atoms with Gasteiger partial charge in [0.1, 0.15) is 5.75 Å². The first-order valence-electron chi connectivity index (χ1n) is 8.52. The molecule has 1 aromatic heterocycles. The van der Waals surface area contributed by atoms with Gasteiger partial charge in [-0.2, -0.15) is 0 Å². The van der Waals surface area contributed by atoms with Gasteiger partial charge in [-0.1, -0.05) is 23.3 Å². The van der Waals surface area contributed by atoms with Crippen LogP contribution in [0.1, 0.15) is 21.6 Å². The van der Waals surface area contributed by atoms with Gasteiger partial charge in [-0.15, -0.1) is 0 Å². The number of benzene rings is 2. The van der Waals surface area contributed by atoms with Gasteiger partial charge in [-0.25, -0.2) is 0 Å². The summed E-state index contributed by atoms with van der Waals surface area (Å²) in [6, 6.07) is 14.6. The molecule has 27 heavy (non-hydrogen) atoms. The average Bonchev–Trinajstić information content (AvgIpc) is 2.97.